The van der Waals surface area contributed by atoms with E-state index in [1.54, 1.807) is 13.8 Å². The molecule has 35 heavy (non-hydrogen) atoms. The Kier molecular flexibility index (Phi) is 10.00. The zero-order chi connectivity index (χ0) is 26.9. The first-order chi connectivity index (χ1) is 16.1. The molecule has 0 amide bonds. The molecular formula is C24H42BrFN4O2S2Si. The normalized spacial score (nSPS) is 28.0. The standard InChI is InChI=1S/C24H42BrFN4O2S2Si/c1-9-35(10-2,11-3)18-15-19(25)29-21(20(18)26)24(8,30-33(31)22(4,5)6)17-34(32)23(7,16-27)13-12-14-28-34/h15,28,30,32H,9-14,17H2,1-8H3/t23-,24+,33?/m1/s1. The van der Waals surface area contributed by atoms with Crippen LogP contribution in [0, 0.1) is 17.1 Å². The lowest BCUT2D eigenvalue weighted by Gasteiger charge is -2.52. The van der Waals surface area contributed by atoms with Gasteiger partial charge in [-0.15, -0.1) is 4.72 Å². The monoisotopic (exact) mass is 608 g/mol. The van der Waals surface area contributed by atoms with Crippen molar-refractivity contribution >= 4 is 51.0 Å². The zero-order valence-electron chi connectivity index (χ0n) is 22.3. The maximum absolute atomic E-state index is 16.6. The van der Waals surface area contributed by atoms with E-state index in [0.29, 0.717) is 22.8 Å². The lowest BCUT2D eigenvalue weighted by Crippen LogP contribution is -2.58. The minimum atomic E-state index is -2.74. The van der Waals surface area contributed by atoms with Crippen LogP contribution in [0.3, 0.4) is 0 Å². The molecule has 0 aliphatic carbocycles. The fraction of sp³-hybridized carbons (Fsp3) is 0.750. The van der Waals surface area contributed by atoms with Crippen LogP contribution in [0.15, 0.2) is 10.7 Å². The number of rotatable bonds is 9. The molecule has 0 radical (unpaired) electrons. The van der Waals surface area contributed by atoms with Crippen molar-refractivity contribution in [3.8, 4) is 6.07 Å². The minimum Gasteiger partial charge on any atom is -0.598 e. The van der Waals surface area contributed by atoms with E-state index >= 15 is 4.39 Å². The molecule has 0 bridgehead atoms. The molecule has 2 heterocycles. The molecular weight excluding hydrogens is 567 g/mol. The minimum absolute atomic E-state index is 0.00459. The van der Waals surface area contributed by atoms with Crippen molar-refractivity contribution in [3.05, 3.63) is 22.2 Å². The van der Waals surface area contributed by atoms with Gasteiger partial charge in [0.2, 0.25) is 0 Å². The summed E-state index contributed by atoms with van der Waals surface area (Å²) in [6.45, 7) is 16.0. The molecule has 1 saturated heterocycles. The number of nitriles is 1. The Morgan fingerprint density at radius 2 is 1.91 bits per heavy atom. The van der Waals surface area contributed by atoms with Gasteiger partial charge in [-0.05, 0) is 74.6 Å². The first-order valence-electron chi connectivity index (χ1n) is 12.3. The summed E-state index contributed by atoms with van der Waals surface area (Å²) in [6, 6.07) is 6.82. The van der Waals surface area contributed by atoms with Gasteiger partial charge in [0.05, 0.1) is 14.1 Å². The Hall–Kier alpha value is -0.193. The molecule has 1 aliphatic heterocycles. The van der Waals surface area contributed by atoms with E-state index in [2.05, 4.69) is 57.2 Å². The highest BCUT2D eigenvalue weighted by Crippen LogP contribution is 2.59. The molecule has 2 unspecified atom stereocenters. The Labute approximate surface area is 225 Å². The lowest BCUT2D eigenvalue weighted by molar-refractivity contribution is 0.410. The SMILES string of the molecule is CC[Si](CC)(CC)c1cc(Br)nc([C@](C)(CS2(O)NCCC[C@]2(C)C#N)N[S+]([O-])C(C)(C)C)c1F. The van der Waals surface area contributed by atoms with E-state index in [-0.39, 0.29) is 17.3 Å². The van der Waals surface area contributed by atoms with Crippen molar-refractivity contribution in [2.24, 2.45) is 0 Å². The molecule has 3 N–H and O–H groups in total. The van der Waals surface area contributed by atoms with Crippen LogP contribution in [0.2, 0.25) is 18.1 Å². The van der Waals surface area contributed by atoms with Crippen LogP contribution >= 0.6 is 26.4 Å². The van der Waals surface area contributed by atoms with Crippen molar-refractivity contribution in [1.82, 2.24) is 14.4 Å². The third kappa shape index (κ3) is 6.11. The van der Waals surface area contributed by atoms with Gasteiger partial charge in [-0.3, -0.25) is 4.72 Å². The number of pyridine rings is 1. The van der Waals surface area contributed by atoms with Crippen LogP contribution in [-0.2, 0) is 16.9 Å². The highest BCUT2D eigenvalue weighted by atomic mass is 79.9. The summed E-state index contributed by atoms with van der Waals surface area (Å²) in [4.78, 5) is 4.59. The molecule has 1 fully saturated rings. The highest BCUT2D eigenvalue weighted by molar-refractivity contribution is 9.10. The van der Waals surface area contributed by atoms with Gasteiger partial charge in [0, 0.05) is 23.7 Å². The number of nitrogens with one attached hydrogen (secondary N) is 2. The van der Waals surface area contributed by atoms with E-state index in [1.165, 1.54) is 0 Å². The summed E-state index contributed by atoms with van der Waals surface area (Å²) in [6.07, 6.45) is 1.31. The van der Waals surface area contributed by atoms with Gasteiger partial charge in [-0.25, -0.2) is 9.37 Å². The van der Waals surface area contributed by atoms with Crippen molar-refractivity contribution < 1.29 is 13.5 Å². The molecule has 6 nitrogen and oxygen atoms in total. The lowest BCUT2D eigenvalue weighted by atomic mass is 10.0. The van der Waals surface area contributed by atoms with E-state index in [9.17, 15) is 14.4 Å². The van der Waals surface area contributed by atoms with E-state index < -0.39 is 45.0 Å². The van der Waals surface area contributed by atoms with Crippen LogP contribution < -0.4 is 14.6 Å². The van der Waals surface area contributed by atoms with Crippen molar-refractivity contribution in [2.45, 2.75) is 101 Å². The molecule has 4 atom stereocenters. The largest absolute Gasteiger partial charge is 0.598 e. The van der Waals surface area contributed by atoms with Crippen LogP contribution in [0.1, 0.15) is 73.9 Å². The summed E-state index contributed by atoms with van der Waals surface area (Å²) >= 11 is 1.94. The first kappa shape index (κ1) is 31.0. The molecule has 1 aliphatic rings. The van der Waals surface area contributed by atoms with Crippen molar-refractivity contribution in [3.63, 3.8) is 0 Å². The van der Waals surface area contributed by atoms with E-state index in [4.69, 9.17) is 0 Å². The second kappa shape index (κ2) is 11.3. The van der Waals surface area contributed by atoms with E-state index in [1.807, 2.05) is 26.8 Å². The third-order valence-corrected chi connectivity index (χ3v) is 18.8. The fourth-order valence-electron chi connectivity index (χ4n) is 4.83. The molecule has 1 aromatic rings. The Balaban J connectivity index is 2.79. The molecule has 1 aromatic heterocycles. The summed E-state index contributed by atoms with van der Waals surface area (Å²) in [5, 5.41) is 10.7. The highest BCUT2D eigenvalue weighted by Gasteiger charge is 2.53. The number of aromatic nitrogens is 1. The van der Waals surface area contributed by atoms with Gasteiger partial charge in [-0.1, -0.05) is 49.4 Å². The third-order valence-electron chi connectivity index (χ3n) is 7.58. The predicted molar refractivity (Wildman–Crippen MR) is 153 cm³/mol. The van der Waals surface area contributed by atoms with Gasteiger partial charge in [0.1, 0.15) is 31.1 Å². The molecule has 200 valence electrons. The molecule has 2 rings (SSSR count). The quantitative estimate of drug-likeness (QED) is 0.185. The van der Waals surface area contributed by atoms with Crippen molar-refractivity contribution in [1.29, 1.82) is 5.26 Å². The second-order valence-electron chi connectivity index (χ2n) is 11.0. The molecule has 0 saturated carbocycles. The van der Waals surface area contributed by atoms with Crippen molar-refractivity contribution in [2.75, 3.05) is 12.3 Å². The molecule has 0 aromatic carbocycles. The Morgan fingerprint density at radius 3 is 2.40 bits per heavy atom. The number of halogens is 2. The Bertz CT molecular complexity index is 950. The number of hydrogen-bond acceptors (Lipinski definition) is 6. The van der Waals surface area contributed by atoms with Gasteiger partial charge < -0.3 is 9.11 Å². The van der Waals surface area contributed by atoms with Crippen LogP contribution in [-0.4, -0.2) is 44.0 Å². The topological polar surface area (TPSA) is 104 Å². The van der Waals surface area contributed by atoms with Gasteiger partial charge >= 0.3 is 0 Å². The van der Waals surface area contributed by atoms with Crippen LogP contribution in [0.25, 0.3) is 0 Å². The summed E-state index contributed by atoms with van der Waals surface area (Å²) in [7, 11) is -4.88. The predicted octanol–water partition coefficient (Wildman–Crippen LogP) is 5.82. The smallest absolute Gasteiger partial charge is 0.146 e. The first-order valence-corrected chi connectivity index (χ1v) is 18.6. The number of nitrogens with zero attached hydrogens (tertiary/aromatic N) is 2. The molecule has 0 spiro atoms. The van der Waals surface area contributed by atoms with Gasteiger partial charge in [0.15, 0.2) is 0 Å². The average Bonchev–Trinajstić information content (AvgIpc) is 2.78. The van der Waals surface area contributed by atoms with Crippen LogP contribution in [0.4, 0.5) is 4.39 Å². The average molecular weight is 610 g/mol. The van der Waals surface area contributed by atoms with E-state index in [0.717, 1.165) is 24.6 Å². The van der Waals surface area contributed by atoms with Crippen LogP contribution in [0.5, 0.6) is 0 Å². The van der Waals surface area contributed by atoms with Gasteiger partial charge in [0.25, 0.3) is 0 Å². The van der Waals surface area contributed by atoms with Gasteiger partial charge in [-0.2, -0.15) is 5.26 Å². The summed E-state index contributed by atoms with van der Waals surface area (Å²) in [5.74, 6) is -0.381. The maximum Gasteiger partial charge on any atom is 0.146 e. The zero-order valence-corrected chi connectivity index (χ0v) is 26.6. The summed E-state index contributed by atoms with van der Waals surface area (Å²) in [5.41, 5.74) is -1.15. The fourth-order valence-corrected chi connectivity index (χ4v) is 13.0. The summed E-state index contributed by atoms with van der Waals surface area (Å²) < 4.78 is 47.1. The molecule has 11 heteroatoms. The maximum atomic E-state index is 16.6. The number of hydrogen-bond donors (Lipinski definition) is 3. The second-order valence-corrected chi connectivity index (χ2v) is 21.9. The Morgan fingerprint density at radius 1 is 1.34 bits per heavy atom.